The molecule has 0 aromatic heterocycles. The molecule has 1 saturated heterocycles. The van der Waals surface area contributed by atoms with Crippen LogP contribution in [-0.2, 0) is 14.4 Å². The van der Waals surface area contributed by atoms with Gasteiger partial charge in [0.2, 0.25) is 0 Å². The number of carbonyl (C=O) groups is 4. The highest BCUT2D eigenvalue weighted by Crippen LogP contribution is 2.15. The van der Waals surface area contributed by atoms with E-state index in [2.05, 4.69) is 0 Å². The third kappa shape index (κ3) is 7.59. The number of amides is 2. The molecule has 0 spiro atoms. The molecule has 0 saturated carbocycles. The second kappa shape index (κ2) is 11.7. The molecule has 2 aromatic carbocycles. The maximum atomic E-state index is 12.5. The van der Waals surface area contributed by atoms with Gasteiger partial charge < -0.3 is 24.7 Å². The summed E-state index contributed by atoms with van der Waals surface area (Å²) in [4.78, 5) is 46.5. The zero-order valence-electron chi connectivity index (χ0n) is 17.4. The van der Waals surface area contributed by atoms with Crippen molar-refractivity contribution in [3.05, 3.63) is 64.7 Å². The minimum Gasteiger partial charge on any atom is -0.484 e. The molecule has 1 heterocycles. The van der Waals surface area contributed by atoms with Crippen molar-refractivity contribution in [2.24, 2.45) is 0 Å². The smallest absolute Gasteiger partial charge is 0.414 e. The number of hydrogen-bond acceptors (Lipinski definition) is 5. The normalized spacial score (nSPS) is 12.9. The average molecular weight is 463 g/mol. The van der Waals surface area contributed by atoms with Crippen molar-refractivity contribution in [2.75, 3.05) is 32.8 Å². The van der Waals surface area contributed by atoms with Crippen LogP contribution >= 0.6 is 11.6 Å². The Kier molecular flexibility index (Phi) is 9.03. The van der Waals surface area contributed by atoms with Crippen LogP contribution in [0.3, 0.4) is 0 Å². The van der Waals surface area contributed by atoms with Gasteiger partial charge in [-0.1, -0.05) is 35.4 Å². The summed E-state index contributed by atoms with van der Waals surface area (Å²) in [5.74, 6) is -3.10. The lowest BCUT2D eigenvalue weighted by molar-refractivity contribution is -0.159. The number of hydrogen-bond donors (Lipinski definition) is 2. The van der Waals surface area contributed by atoms with E-state index in [1.54, 1.807) is 34.1 Å². The van der Waals surface area contributed by atoms with Crippen molar-refractivity contribution in [2.45, 2.75) is 6.92 Å². The SMILES string of the molecule is Cc1ccc(OCC(=O)N2CCN(C(=O)c3cccc(Cl)c3)CC2)cc1.O=C(O)C(=O)O. The largest absolute Gasteiger partial charge is 0.484 e. The molecule has 170 valence electrons. The monoisotopic (exact) mass is 462 g/mol. The summed E-state index contributed by atoms with van der Waals surface area (Å²) in [6.07, 6.45) is 0. The molecule has 2 N–H and O–H groups in total. The zero-order chi connectivity index (χ0) is 23.7. The van der Waals surface area contributed by atoms with Gasteiger partial charge >= 0.3 is 11.9 Å². The molecule has 32 heavy (non-hydrogen) atoms. The predicted octanol–water partition coefficient (Wildman–Crippen LogP) is 2.17. The summed E-state index contributed by atoms with van der Waals surface area (Å²) >= 11 is 5.95. The molecule has 2 amide bonds. The first-order chi connectivity index (χ1) is 15.2. The van der Waals surface area contributed by atoms with Gasteiger partial charge in [-0.25, -0.2) is 9.59 Å². The van der Waals surface area contributed by atoms with Gasteiger partial charge in [0.1, 0.15) is 5.75 Å². The predicted molar refractivity (Wildman–Crippen MR) is 116 cm³/mol. The molecule has 1 aliphatic heterocycles. The third-order valence-electron chi connectivity index (χ3n) is 4.56. The number of ether oxygens (including phenoxy) is 1. The Bertz CT molecular complexity index is 958. The Labute approximate surface area is 189 Å². The van der Waals surface area contributed by atoms with Crippen LogP contribution in [-0.4, -0.2) is 76.6 Å². The van der Waals surface area contributed by atoms with E-state index in [0.717, 1.165) is 5.56 Å². The summed E-state index contributed by atoms with van der Waals surface area (Å²) in [5, 5.41) is 15.3. The Morgan fingerprint density at radius 3 is 2.00 bits per heavy atom. The molecule has 0 radical (unpaired) electrons. The molecule has 1 fully saturated rings. The fourth-order valence-corrected chi connectivity index (χ4v) is 3.02. The number of halogens is 1. The molecular formula is C22H23ClN2O7. The number of carbonyl (C=O) groups excluding carboxylic acids is 2. The molecule has 9 nitrogen and oxygen atoms in total. The number of carboxylic acid groups (broad SMARTS) is 2. The summed E-state index contributed by atoms with van der Waals surface area (Å²) in [7, 11) is 0. The van der Waals surface area contributed by atoms with Crippen LogP contribution in [0.5, 0.6) is 5.75 Å². The van der Waals surface area contributed by atoms with Crippen LogP contribution in [0.15, 0.2) is 48.5 Å². The first-order valence-electron chi connectivity index (χ1n) is 9.65. The highest BCUT2D eigenvalue weighted by atomic mass is 35.5. The molecule has 0 atom stereocenters. The number of rotatable bonds is 4. The van der Waals surface area contributed by atoms with E-state index >= 15 is 0 Å². The van der Waals surface area contributed by atoms with Gasteiger partial charge in [-0.15, -0.1) is 0 Å². The van der Waals surface area contributed by atoms with Gasteiger partial charge in [0, 0.05) is 36.8 Å². The van der Waals surface area contributed by atoms with E-state index in [9.17, 15) is 9.59 Å². The maximum Gasteiger partial charge on any atom is 0.414 e. The van der Waals surface area contributed by atoms with Crippen molar-refractivity contribution in [3.63, 3.8) is 0 Å². The van der Waals surface area contributed by atoms with E-state index < -0.39 is 11.9 Å². The third-order valence-corrected chi connectivity index (χ3v) is 4.79. The standard InChI is InChI=1S/C20H21ClN2O3.C2H2O4/c1-15-5-7-18(8-6-15)26-14-19(24)22-9-11-23(12-10-22)20(25)16-3-2-4-17(21)13-16;3-1(4)2(5)6/h2-8,13H,9-12,14H2,1H3;(H,3,4)(H,5,6). The topological polar surface area (TPSA) is 124 Å². The van der Waals surface area contributed by atoms with Gasteiger partial charge in [0.05, 0.1) is 0 Å². The van der Waals surface area contributed by atoms with Crippen LogP contribution in [0.4, 0.5) is 0 Å². The molecule has 0 bridgehead atoms. The van der Waals surface area contributed by atoms with Gasteiger partial charge in [-0.05, 0) is 37.3 Å². The lowest BCUT2D eigenvalue weighted by Crippen LogP contribution is -2.51. The number of benzene rings is 2. The number of aliphatic carboxylic acids is 2. The number of piperazine rings is 1. The van der Waals surface area contributed by atoms with Crippen LogP contribution in [0.2, 0.25) is 5.02 Å². The van der Waals surface area contributed by atoms with E-state index in [4.69, 9.17) is 36.1 Å². The molecule has 2 aromatic rings. The first-order valence-corrected chi connectivity index (χ1v) is 10.0. The van der Waals surface area contributed by atoms with Crippen molar-refractivity contribution < 1.29 is 34.1 Å². The quantitative estimate of drug-likeness (QED) is 0.667. The summed E-state index contributed by atoms with van der Waals surface area (Å²) in [6.45, 7) is 4.01. The number of nitrogens with zero attached hydrogens (tertiary/aromatic N) is 2. The minimum atomic E-state index is -1.82. The Hall–Kier alpha value is -3.59. The summed E-state index contributed by atoms with van der Waals surface area (Å²) < 4.78 is 5.55. The Morgan fingerprint density at radius 1 is 0.906 bits per heavy atom. The molecule has 1 aliphatic rings. The van der Waals surface area contributed by atoms with Crippen LogP contribution in [0.1, 0.15) is 15.9 Å². The van der Waals surface area contributed by atoms with Gasteiger partial charge in [-0.3, -0.25) is 9.59 Å². The first kappa shape index (κ1) is 24.7. The maximum absolute atomic E-state index is 12.5. The van der Waals surface area contributed by atoms with Gasteiger partial charge in [0.25, 0.3) is 11.8 Å². The fourth-order valence-electron chi connectivity index (χ4n) is 2.83. The lowest BCUT2D eigenvalue weighted by atomic mass is 10.2. The number of aryl methyl sites for hydroxylation is 1. The van der Waals surface area contributed by atoms with Crippen molar-refractivity contribution in [3.8, 4) is 5.75 Å². The average Bonchev–Trinajstić information content (AvgIpc) is 2.78. The van der Waals surface area contributed by atoms with E-state index in [-0.39, 0.29) is 18.4 Å². The minimum absolute atomic E-state index is 0.00526. The van der Waals surface area contributed by atoms with E-state index in [1.807, 2.05) is 31.2 Å². The second-order valence-corrected chi connectivity index (χ2v) is 7.33. The van der Waals surface area contributed by atoms with E-state index in [1.165, 1.54) is 0 Å². The van der Waals surface area contributed by atoms with Crippen LogP contribution in [0, 0.1) is 6.92 Å². The highest BCUT2D eigenvalue weighted by Gasteiger charge is 2.25. The summed E-state index contributed by atoms with van der Waals surface area (Å²) in [6, 6.07) is 14.5. The second-order valence-electron chi connectivity index (χ2n) is 6.90. The molecule has 10 heteroatoms. The van der Waals surface area contributed by atoms with Crippen molar-refractivity contribution in [1.82, 2.24) is 9.80 Å². The fraction of sp³-hybridized carbons (Fsp3) is 0.273. The zero-order valence-corrected chi connectivity index (χ0v) is 18.1. The number of carboxylic acids is 2. The van der Waals surface area contributed by atoms with E-state index in [0.29, 0.717) is 42.5 Å². The Morgan fingerprint density at radius 2 is 1.47 bits per heavy atom. The molecule has 0 unspecified atom stereocenters. The van der Waals surface area contributed by atoms with Gasteiger partial charge in [0.15, 0.2) is 6.61 Å². The van der Waals surface area contributed by atoms with Crippen molar-refractivity contribution in [1.29, 1.82) is 0 Å². The van der Waals surface area contributed by atoms with Gasteiger partial charge in [-0.2, -0.15) is 0 Å². The molecule has 3 rings (SSSR count). The van der Waals surface area contributed by atoms with Crippen molar-refractivity contribution >= 4 is 35.4 Å². The molecule has 0 aliphatic carbocycles. The summed E-state index contributed by atoms with van der Waals surface area (Å²) in [5.41, 5.74) is 1.71. The highest BCUT2D eigenvalue weighted by molar-refractivity contribution is 6.31. The molecular weight excluding hydrogens is 440 g/mol. The van der Waals surface area contributed by atoms with Crippen LogP contribution < -0.4 is 4.74 Å². The lowest BCUT2D eigenvalue weighted by Gasteiger charge is -2.34. The van der Waals surface area contributed by atoms with Crippen LogP contribution in [0.25, 0.3) is 0 Å². The Balaban J connectivity index is 0.000000534.